The van der Waals surface area contributed by atoms with Crippen LogP contribution in [-0.2, 0) is 12.4 Å². The summed E-state index contributed by atoms with van der Waals surface area (Å²) in [7, 11) is 0. The summed E-state index contributed by atoms with van der Waals surface area (Å²) >= 11 is 0. The Kier molecular flexibility index (Phi) is 4.71. The first-order valence-corrected chi connectivity index (χ1v) is 6.72. The van der Waals surface area contributed by atoms with Crippen LogP contribution in [0.2, 0.25) is 0 Å². The van der Waals surface area contributed by atoms with E-state index in [9.17, 15) is 35.9 Å². The Labute approximate surface area is 141 Å². The Morgan fingerprint density at radius 2 is 1.12 bits per heavy atom. The van der Waals surface area contributed by atoms with E-state index in [-0.39, 0.29) is 11.1 Å². The molecule has 0 spiro atoms. The maximum Gasteiger partial charge on any atom is 0.417 e. The van der Waals surface area contributed by atoms with E-state index in [1.54, 1.807) is 0 Å². The van der Waals surface area contributed by atoms with Gasteiger partial charge >= 0.3 is 24.3 Å². The number of aromatic carboxylic acids is 2. The molecule has 138 valence electrons. The maximum absolute atomic E-state index is 13.0. The molecule has 2 aromatic rings. The van der Waals surface area contributed by atoms with Crippen molar-refractivity contribution in [3.63, 3.8) is 0 Å². The van der Waals surface area contributed by atoms with Crippen molar-refractivity contribution in [2.24, 2.45) is 0 Å². The largest absolute Gasteiger partial charge is 0.478 e. The number of carboxylic acid groups (broad SMARTS) is 2. The third-order valence-corrected chi connectivity index (χ3v) is 3.44. The molecular weight excluding hydrogens is 370 g/mol. The summed E-state index contributed by atoms with van der Waals surface area (Å²) in [5.41, 5.74) is -5.64. The van der Waals surface area contributed by atoms with E-state index >= 15 is 0 Å². The van der Waals surface area contributed by atoms with Crippen molar-refractivity contribution in [3.8, 4) is 11.1 Å². The molecule has 0 amide bonds. The van der Waals surface area contributed by atoms with Crippen LogP contribution in [0.3, 0.4) is 0 Å². The first kappa shape index (κ1) is 19.3. The number of rotatable bonds is 3. The molecule has 2 rings (SSSR count). The summed E-state index contributed by atoms with van der Waals surface area (Å²) in [6.45, 7) is 0. The van der Waals surface area contributed by atoms with Crippen molar-refractivity contribution in [1.82, 2.24) is 0 Å². The van der Waals surface area contributed by atoms with Crippen molar-refractivity contribution in [1.29, 1.82) is 0 Å². The number of hydrogen-bond donors (Lipinski definition) is 2. The van der Waals surface area contributed by atoms with E-state index in [0.29, 0.717) is 24.3 Å². The molecule has 2 N–H and O–H groups in total. The van der Waals surface area contributed by atoms with Crippen LogP contribution in [0.4, 0.5) is 26.3 Å². The highest BCUT2D eigenvalue weighted by Crippen LogP contribution is 2.37. The zero-order valence-corrected chi connectivity index (χ0v) is 12.4. The van der Waals surface area contributed by atoms with Crippen LogP contribution in [0.1, 0.15) is 31.8 Å². The molecular formula is C16H8F6O4. The van der Waals surface area contributed by atoms with Crippen molar-refractivity contribution < 1.29 is 46.1 Å². The van der Waals surface area contributed by atoms with Crippen LogP contribution in [0.15, 0.2) is 36.4 Å². The molecule has 0 saturated carbocycles. The van der Waals surface area contributed by atoms with Gasteiger partial charge in [0.2, 0.25) is 0 Å². The lowest BCUT2D eigenvalue weighted by atomic mass is 9.95. The number of carboxylic acids is 2. The summed E-state index contributed by atoms with van der Waals surface area (Å²) in [6, 6.07) is 3.88. The maximum atomic E-state index is 13.0. The minimum absolute atomic E-state index is 0.238. The summed E-state index contributed by atoms with van der Waals surface area (Å²) in [6.07, 6.45) is -9.98. The molecule has 0 aromatic heterocycles. The molecule has 0 unspecified atom stereocenters. The van der Waals surface area contributed by atoms with Gasteiger partial charge in [0, 0.05) is 0 Å². The molecule has 0 aliphatic carbocycles. The molecule has 0 atom stereocenters. The van der Waals surface area contributed by atoms with Crippen molar-refractivity contribution in [2.75, 3.05) is 0 Å². The molecule has 0 aliphatic rings. The first-order valence-electron chi connectivity index (χ1n) is 6.72. The highest BCUT2D eigenvalue weighted by molar-refractivity contribution is 5.93. The molecule has 10 heteroatoms. The van der Waals surface area contributed by atoms with Crippen molar-refractivity contribution in [3.05, 3.63) is 58.7 Å². The van der Waals surface area contributed by atoms with E-state index < -0.39 is 46.5 Å². The number of benzene rings is 2. The Hall–Kier alpha value is -3.04. The summed E-state index contributed by atoms with van der Waals surface area (Å²) in [5, 5.41) is 17.8. The zero-order valence-electron chi connectivity index (χ0n) is 12.4. The second-order valence-corrected chi connectivity index (χ2v) is 5.13. The molecule has 2 aromatic carbocycles. The van der Waals surface area contributed by atoms with E-state index in [4.69, 9.17) is 10.2 Å². The topological polar surface area (TPSA) is 74.6 Å². The predicted molar refractivity (Wildman–Crippen MR) is 75.8 cm³/mol. The molecule has 26 heavy (non-hydrogen) atoms. The average Bonchev–Trinajstić information content (AvgIpc) is 2.51. The predicted octanol–water partition coefficient (Wildman–Crippen LogP) is 4.79. The zero-order chi connectivity index (χ0) is 19.9. The van der Waals surface area contributed by atoms with Gasteiger partial charge in [0.05, 0.1) is 22.3 Å². The normalized spacial score (nSPS) is 12.1. The lowest BCUT2D eigenvalue weighted by molar-refractivity contribution is -0.138. The van der Waals surface area contributed by atoms with Crippen molar-refractivity contribution in [2.45, 2.75) is 12.4 Å². The lowest BCUT2D eigenvalue weighted by Crippen LogP contribution is -2.14. The first-order chi connectivity index (χ1) is 11.8. The molecule has 0 aliphatic heterocycles. The monoisotopic (exact) mass is 378 g/mol. The van der Waals surface area contributed by atoms with Gasteiger partial charge in [0.25, 0.3) is 0 Å². The van der Waals surface area contributed by atoms with Gasteiger partial charge in [-0.2, -0.15) is 26.3 Å². The van der Waals surface area contributed by atoms with Crippen LogP contribution < -0.4 is 0 Å². The second kappa shape index (κ2) is 6.36. The SMILES string of the molecule is O=C(O)c1cc(-c2ccc(C(=O)O)c(C(F)(F)F)c2)ccc1C(F)(F)F. The van der Waals surface area contributed by atoms with Crippen molar-refractivity contribution >= 4 is 11.9 Å². The highest BCUT2D eigenvalue weighted by Gasteiger charge is 2.37. The molecule has 4 nitrogen and oxygen atoms in total. The number of halogens is 6. The summed E-state index contributed by atoms with van der Waals surface area (Å²) < 4.78 is 77.6. The summed E-state index contributed by atoms with van der Waals surface area (Å²) in [4.78, 5) is 22.0. The minimum atomic E-state index is -5.02. The molecule has 0 bridgehead atoms. The Bertz CT molecular complexity index is 883. The van der Waals surface area contributed by atoms with Gasteiger partial charge < -0.3 is 10.2 Å². The van der Waals surface area contributed by atoms with Crippen LogP contribution in [0, 0.1) is 0 Å². The van der Waals surface area contributed by atoms with Crippen LogP contribution in [0.25, 0.3) is 11.1 Å². The second-order valence-electron chi connectivity index (χ2n) is 5.13. The Morgan fingerprint density at radius 1 is 0.654 bits per heavy atom. The molecule has 0 fully saturated rings. The molecule has 0 heterocycles. The minimum Gasteiger partial charge on any atom is -0.478 e. The van der Waals surface area contributed by atoms with Crippen LogP contribution in [0.5, 0.6) is 0 Å². The average molecular weight is 378 g/mol. The van der Waals surface area contributed by atoms with Crippen LogP contribution >= 0.6 is 0 Å². The Morgan fingerprint density at radius 3 is 1.58 bits per heavy atom. The van der Waals surface area contributed by atoms with Gasteiger partial charge in [-0.05, 0) is 35.4 Å². The van der Waals surface area contributed by atoms with E-state index in [1.807, 2.05) is 0 Å². The third-order valence-electron chi connectivity index (χ3n) is 3.44. The van der Waals surface area contributed by atoms with Gasteiger partial charge in [-0.15, -0.1) is 0 Å². The standard InChI is InChI=1S/C16H8F6O4/c17-15(18,19)11-4-2-7(5-10(11)14(25)26)8-1-3-9(13(23)24)12(6-8)16(20,21)22/h1-6H,(H,23,24)(H,25,26). The van der Waals surface area contributed by atoms with E-state index in [1.165, 1.54) is 0 Å². The lowest BCUT2D eigenvalue weighted by Gasteiger charge is -2.14. The number of hydrogen-bond acceptors (Lipinski definition) is 2. The van der Waals surface area contributed by atoms with E-state index in [2.05, 4.69) is 0 Å². The fourth-order valence-corrected chi connectivity index (χ4v) is 2.29. The van der Waals surface area contributed by atoms with E-state index in [0.717, 1.165) is 12.1 Å². The van der Waals surface area contributed by atoms with Gasteiger partial charge in [-0.25, -0.2) is 9.59 Å². The summed E-state index contributed by atoms with van der Waals surface area (Å²) in [5.74, 6) is -3.74. The number of alkyl halides is 6. The molecule has 0 radical (unpaired) electrons. The Balaban J connectivity index is 2.68. The fraction of sp³-hybridized carbons (Fsp3) is 0.125. The van der Waals surface area contributed by atoms with Gasteiger partial charge in [0.15, 0.2) is 0 Å². The molecule has 0 saturated heterocycles. The van der Waals surface area contributed by atoms with Gasteiger partial charge in [-0.3, -0.25) is 0 Å². The fourth-order valence-electron chi connectivity index (χ4n) is 2.29. The highest BCUT2D eigenvalue weighted by atomic mass is 19.4. The van der Waals surface area contributed by atoms with Crippen LogP contribution in [-0.4, -0.2) is 22.2 Å². The van der Waals surface area contributed by atoms with Gasteiger partial charge in [0.1, 0.15) is 0 Å². The van der Waals surface area contributed by atoms with Gasteiger partial charge in [-0.1, -0.05) is 12.1 Å². The quantitative estimate of drug-likeness (QED) is 0.754. The third kappa shape index (κ3) is 3.79. The number of carbonyl (C=O) groups is 2. The smallest absolute Gasteiger partial charge is 0.417 e.